The van der Waals surface area contributed by atoms with Gasteiger partial charge in [-0.05, 0) is 59.0 Å². The number of amides is 2. The fourth-order valence-electron chi connectivity index (χ4n) is 2.10. The van der Waals surface area contributed by atoms with E-state index in [1.165, 1.54) is 11.0 Å². The molecule has 3 rings (SSSR count). The number of tetrazole rings is 1. The summed E-state index contributed by atoms with van der Waals surface area (Å²) >= 11 is 0. The zero-order chi connectivity index (χ0) is 16.9. The summed E-state index contributed by atoms with van der Waals surface area (Å²) in [7, 11) is 1.57. The molecule has 0 saturated heterocycles. The Morgan fingerprint density at radius 3 is 2.12 bits per heavy atom. The zero-order valence-corrected chi connectivity index (χ0v) is 12.8. The van der Waals surface area contributed by atoms with Crippen molar-refractivity contribution in [3.05, 3.63) is 66.0 Å². The maximum Gasteiger partial charge on any atom is 0.255 e. The van der Waals surface area contributed by atoms with Crippen molar-refractivity contribution in [2.45, 2.75) is 0 Å². The van der Waals surface area contributed by atoms with E-state index in [2.05, 4.69) is 26.2 Å². The SMILES string of the molecule is CNC(=O)c1ccc(NC(=O)c2ccc(-n3cnnn3)cc2)cc1. The Labute approximate surface area is 137 Å². The maximum atomic E-state index is 12.2. The van der Waals surface area contributed by atoms with E-state index in [1.807, 2.05) is 0 Å². The summed E-state index contributed by atoms with van der Waals surface area (Å²) in [5.74, 6) is -0.419. The van der Waals surface area contributed by atoms with Gasteiger partial charge in [-0.1, -0.05) is 0 Å². The van der Waals surface area contributed by atoms with Gasteiger partial charge in [-0.3, -0.25) is 9.59 Å². The largest absolute Gasteiger partial charge is 0.355 e. The van der Waals surface area contributed by atoms with Crippen LogP contribution < -0.4 is 10.6 Å². The van der Waals surface area contributed by atoms with Gasteiger partial charge in [0, 0.05) is 23.9 Å². The van der Waals surface area contributed by atoms with E-state index in [9.17, 15) is 9.59 Å². The van der Waals surface area contributed by atoms with Gasteiger partial charge >= 0.3 is 0 Å². The fourth-order valence-corrected chi connectivity index (χ4v) is 2.10. The number of rotatable bonds is 4. The summed E-state index contributed by atoms with van der Waals surface area (Å²) < 4.78 is 1.50. The topological polar surface area (TPSA) is 102 Å². The van der Waals surface area contributed by atoms with Crippen LogP contribution in [0.4, 0.5) is 5.69 Å². The minimum absolute atomic E-state index is 0.175. The van der Waals surface area contributed by atoms with Gasteiger partial charge in [0.05, 0.1) is 5.69 Å². The Morgan fingerprint density at radius 1 is 0.917 bits per heavy atom. The van der Waals surface area contributed by atoms with Crippen molar-refractivity contribution in [2.24, 2.45) is 0 Å². The molecule has 0 aliphatic heterocycles. The van der Waals surface area contributed by atoms with Crippen LogP contribution in [0.15, 0.2) is 54.9 Å². The molecule has 0 atom stereocenters. The summed E-state index contributed by atoms with van der Waals surface area (Å²) in [5.41, 5.74) is 2.40. The van der Waals surface area contributed by atoms with Crippen LogP contribution in [0.3, 0.4) is 0 Å². The summed E-state index contributed by atoms with van der Waals surface area (Å²) in [6.07, 6.45) is 1.48. The van der Waals surface area contributed by atoms with E-state index in [1.54, 1.807) is 55.6 Å². The Hall–Kier alpha value is -3.55. The molecule has 0 spiro atoms. The Morgan fingerprint density at radius 2 is 1.54 bits per heavy atom. The van der Waals surface area contributed by atoms with Crippen LogP contribution >= 0.6 is 0 Å². The third-order valence-corrected chi connectivity index (χ3v) is 3.38. The lowest BCUT2D eigenvalue weighted by Crippen LogP contribution is -2.17. The molecule has 2 amide bonds. The van der Waals surface area contributed by atoms with E-state index >= 15 is 0 Å². The third-order valence-electron chi connectivity index (χ3n) is 3.38. The van der Waals surface area contributed by atoms with Gasteiger partial charge in [-0.2, -0.15) is 0 Å². The molecule has 1 heterocycles. The number of carbonyl (C=O) groups is 2. The van der Waals surface area contributed by atoms with Crippen molar-refractivity contribution in [1.29, 1.82) is 0 Å². The second kappa shape index (κ2) is 6.69. The molecule has 0 unspecified atom stereocenters. The molecular formula is C16H14N6O2. The van der Waals surface area contributed by atoms with Crippen molar-refractivity contribution < 1.29 is 9.59 Å². The molecule has 2 N–H and O–H groups in total. The van der Waals surface area contributed by atoms with Crippen LogP contribution in [0, 0.1) is 0 Å². The maximum absolute atomic E-state index is 12.2. The van der Waals surface area contributed by atoms with Crippen molar-refractivity contribution in [3.8, 4) is 5.69 Å². The normalized spacial score (nSPS) is 10.2. The lowest BCUT2D eigenvalue weighted by atomic mass is 10.1. The second-order valence-electron chi connectivity index (χ2n) is 4.91. The van der Waals surface area contributed by atoms with Crippen molar-refractivity contribution >= 4 is 17.5 Å². The molecule has 0 radical (unpaired) electrons. The molecule has 8 nitrogen and oxygen atoms in total. The highest BCUT2D eigenvalue weighted by atomic mass is 16.2. The highest BCUT2D eigenvalue weighted by Gasteiger charge is 2.08. The number of carbonyl (C=O) groups excluding carboxylic acids is 2. The van der Waals surface area contributed by atoms with Crippen LogP contribution in [0.5, 0.6) is 0 Å². The average molecular weight is 322 g/mol. The second-order valence-corrected chi connectivity index (χ2v) is 4.91. The summed E-state index contributed by atoms with van der Waals surface area (Å²) in [6.45, 7) is 0. The number of hydrogen-bond acceptors (Lipinski definition) is 5. The Kier molecular flexibility index (Phi) is 4.28. The molecular weight excluding hydrogens is 308 g/mol. The van der Waals surface area contributed by atoms with Gasteiger partial charge in [-0.25, -0.2) is 4.68 Å². The molecule has 0 bridgehead atoms. The standard InChI is InChI=1S/C16H14N6O2/c1-17-15(23)11-2-6-13(7-3-11)19-16(24)12-4-8-14(9-5-12)22-10-18-20-21-22/h2-10H,1H3,(H,17,23)(H,19,24). The summed E-state index contributed by atoms with van der Waals surface area (Å²) in [5, 5.41) is 16.2. The zero-order valence-electron chi connectivity index (χ0n) is 12.8. The molecule has 0 saturated carbocycles. The predicted molar refractivity (Wildman–Crippen MR) is 86.9 cm³/mol. The molecule has 24 heavy (non-hydrogen) atoms. The molecule has 8 heteroatoms. The molecule has 0 aliphatic carbocycles. The molecule has 3 aromatic rings. The van der Waals surface area contributed by atoms with Crippen LogP contribution in [-0.4, -0.2) is 39.1 Å². The monoisotopic (exact) mass is 322 g/mol. The highest BCUT2D eigenvalue weighted by Crippen LogP contribution is 2.13. The van der Waals surface area contributed by atoms with Crippen LogP contribution in [0.1, 0.15) is 20.7 Å². The minimum atomic E-state index is -0.244. The first kappa shape index (κ1) is 15.3. The van der Waals surface area contributed by atoms with Gasteiger partial charge in [0.25, 0.3) is 11.8 Å². The van der Waals surface area contributed by atoms with Gasteiger partial charge in [0.15, 0.2) is 0 Å². The first-order chi connectivity index (χ1) is 11.7. The molecule has 0 aliphatic rings. The van der Waals surface area contributed by atoms with Crippen LogP contribution in [0.25, 0.3) is 5.69 Å². The Bertz CT molecular complexity index is 841. The first-order valence-corrected chi connectivity index (χ1v) is 7.14. The molecule has 2 aromatic carbocycles. The van der Waals surface area contributed by atoms with E-state index in [4.69, 9.17) is 0 Å². The highest BCUT2D eigenvalue weighted by molar-refractivity contribution is 6.04. The number of hydrogen-bond donors (Lipinski definition) is 2. The number of nitrogens with zero attached hydrogens (tertiary/aromatic N) is 4. The quantitative estimate of drug-likeness (QED) is 0.753. The van der Waals surface area contributed by atoms with Gasteiger partial charge in [0.1, 0.15) is 6.33 Å². The van der Waals surface area contributed by atoms with E-state index < -0.39 is 0 Å². The van der Waals surface area contributed by atoms with Gasteiger partial charge in [-0.15, -0.1) is 5.10 Å². The van der Waals surface area contributed by atoms with E-state index in [-0.39, 0.29) is 11.8 Å². The van der Waals surface area contributed by atoms with Crippen molar-refractivity contribution in [2.75, 3.05) is 12.4 Å². The number of benzene rings is 2. The van der Waals surface area contributed by atoms with Gasteiger partial charge < -0.3 is 10.6 Å². The number of anilines is 1. The number of aromatic nitrogens is 4. The molecule has 1 aromatic heterocycles. The van der Waals surface area contributed by atoms with Crippen LogP contribution in [0.2, 0.25) is 0 Å². The lowest BCUT2D eigenvalue weighted by molar-refractivity contribution is 0.0962. The molecule has 0 fully saturated rings. The average Bonchev–Trinajstić information content (AvgIpc) is 3.16. The summed E-state index contributed by atoms with van der Waals surface area (Å²) in [4.78, 5) is 23.7. The first-order valence-electron chi connectivity index (χ1n) is 7.14. The smallest absolute Gasteiger partial charge is 0.255 e. The summed E-state index contributed by atoms with van der Waals surface area (Å²) in [6, 6.07) is 13.5. The van der Waals surface area contributed by atoms with E-state index in [0.717, 1.165) is 5.69 Å². The predicted octanol–water partition coefficient (Wildman–Crippen LogP) is 1.27. The third kappa shape index (κ3) is 3.27. The van der Waals surface area contributed by atoms with Crippen LogP contribution in [-0.2, 0) is 0 Å². The van der Waals surface area contributed by atoms with Crippen molar-refractivity contribution in [1.82, 2.24) is 25.5 Å². The molecule has 120 valence electrons. The van der Waals surface area contributed by atoms with Gasteiger partial charge in [0.2, 0.25) is 0 Å². The number of nitrogens with one attached hydrogen (secondary N) is 2. The Balaban J connectivity index is 1.69. The van der Waals surface area contributed by atoms with E-state index in [0.29, 0.717) is 16.8 Å². The lowest BCUT2D eigenvalue weighted by Gasteiger charge is -2.07. The van der Waals surface area contributed by atoms with Crippen molar-refractivity contribution in [3.63, 3.8) is 0 Å². The fraction of sp³-hybridized carbons (Fsp3) is 0.0625. The minimum Gasteiger partial charge on any atom is -0.355 e.